The molecule has 0 bridgehead atoms. The molecule has 1 aromatic carbocycles. The fourth-order valence-electron chi connectivity index (χ4n) is 5.28. The maximum atomic E-state index is 13.7. The lowest BCUT2D eigenvalue weighted by atomic mass is 9.56. The Morgan fingerprint density at radius 3 is 2.33 bits per heavy atom. The quantitative estimate of drug-likeness (QED) is 0.354. The molecule has 0 radical (unpaired) electrons. The number of Topliss-reactive ketones (excluding diaryl/α,β-unsaturated/α-hetero) is 1. The number of esters is 1. The van der Waals surface area contributed by atoms with Crippen molar-refractivity contribution in [2.45, 2.75) is 76.5 Å². The largest absolute Gasteiger partial charge is 0.492 e. The van der Waals surface area contributed by atoms with E-state index in [0.29, 0.717) is 17.1 Å². The van der Waals surface area contributed by atoms with Crippen molar-refractivity contribution in [1.82, 2.24) is 0 Å². The van der Waals surface area contributed by atoms with Crippen LogP contribution in [0.2, 0.25) is 0 Å². The standard InChI is InChI=1S/C22H29BrO4/c1-12(2)14-11-15-16(18(26-7)17(14)27-13(3)24)21(6)10-8-9-20(4,5)22(21,23)19(15)25/h11-12H,8-10H2,1-7H3. The topological polar surface area (TPSA) is 52.6 Å². The van der Waals surface area contributed by atoms with Crippen LogP contribution in [0.1, 0.15) is 88.2 Å². The summed E-state index contributed by atoms with van der Waals surface area (Å²) >= 11 is 3.93. The van der Waals surface area contributed by atoms with Crippen LogP contribution in [0.4, 0.5) is 0 Å². The molecular weight excluding hydrogens is 408 g/mol. The molecule has 4 nitrogen and oxygen atoms in total. The van der Waals surface area contributed by atoms with E-state index in [1.165, 1.54) is 6.92 Å². The van der Waals surface area contributed by atoms with Crippen LogP contribution in [0.15, 0.2) is 6.07 Å². The van der Waals surface area contributed by atoms with Gasteiger partial charge in [-0.2, -0.15) is 0 Å². The van der Waals surface area contributed by atoms with E-state index in [9.17, 15) is 9.59 Å². The Hall–Kier alpha value is -1.36. The van der Waals surface area contributed by atoms with Gasteiger partial charge in [0.2, 0.25) is 0 Å². The first-order chi connectivity index (χ1) is 12.4. The highest BCUT2D eigenvalue weighted by Gasteiger charge is 2.68. The van der Waals surface area contributed by atoms with Gasteiger partial charge in [0.05, 0.1) is 7.11 Å². The van der Waals surface area contributed by atoms with Gasteiger partial charge in [0.1, 0.15) is 4.32 Å². The molecule has 1 saturated carbocycles. The summed E-state index contributed by atoms with van der Waals surface area (Å²) in [6.45, 7) is 11.9. The summed E-state index contributed by atoms with van der Waals surface area (Å²) in [7, 11) is 1.59. The fourth-order valence-corrected chi connectivity index (χ4v) is 6.08. The Kier molecular flexibility index (Phi) is 4.78. The molecule has 2 aliphatic carbocycles. The van der Waals surface area contributed by atoms with Gasteiger partial charge in [0, 0.05) is 29.0 Å². The number of carbonyl (C=O) groups is 2. The predicted molar refractivity (Wildman–Crippen MR) is 109 cm³/mol. The van der Waals surface area contributed by atoms with Gasteiger partial charge in [0.15, 0.2) is 17.3 Å². The minimum Gasteiger partial charge on any atom is -0.492 e. The molecule has 2 aliphatic rings. The van der Waals surface area contributed by atoms with Crippen LogP contribution in [0.3, 0.4) is 0 Å². The van der Waals surface area contributed by atoms with Crippen molar-refractivity contribution < 1.29 is 19.1 Å². The Morgan fingerprint density at radius 1 is 1.19 bits per heavy atom. The van der Waals surface area contributed by atoms with E-state index in [1.54, 1.807) is 7.11 Å². The van der Waals surface area contributed by atoms with Crippen LogP contribution in [-0.4, -0.2) is 23.2 Å². The normalized spacial score (nSPS) is 28.7. The highest BCUT2D eigenvalue weighted by Crippen LogP contribution is 2.67. The van der Waals surface area contributed by atoms with Crippen LogP contribution < -0.4 is 9.47 Å². The number of ether oxygens (including phenoxy) is 2. The Labute approximate surface area is 170 Å². The van der Waals surface area contributed by atoms with Crippen molar-refractivity contribution in [3.63, 3.8) is 0 Å². The van der Waals surface area contributed by atoms with E-state index in [-0.39, 0.29) is 17.1 Å². The third-order valence-corrected chi connectivity index (χ3v) is 8.93. The summed E-state index contributed by atoms with van der Waals surface area (Å²) < 4.78 is 10.7. The van der Waals surface area contributed by atoms with Crippen LogP contribution in [0, 0.1) is 5.41 Å². The third-order valence-electron chi connectivity index (χ3n) is 6.62. The fraction of sp³-hybridized carbons (Fsp3) is 0.636. The van der Waals surface area contributed by atoms with Crippen LogP contribution >= 0.6 is 15.9 Å². The second kappa shape index (κ2) is 6.33. The number of benzene rings is 1. The highest BCUT2D eigenvalue weighted by molar-refractivity contribution is 9.10. The van der Waals surface area contributed by atoms with E-state index in [1.807, 2.05) is 19.9 Å². The molecule has 2 unspecified atom stereocenters. The lowest BCUT2D eigenvalue weighted by Gasteiger charge is -2.53. The number of alkyl halides is 1. The summed E-state index contributed by atoms with van der Waals surface area (Å²) in [6, 6.07) is 1.92. The molecule has 0 N–H and O–H groups in total. The van der Waals surface area contributed by atoms with Crippen LogP contribution in [0.25, 0.3) is 0 Å². The number of rotatable bonds is 3. The van der Waals surface area contributed by atoms with Crippen molar-refractivity contribution in [2.75, 3.05) is 7.11 Å². The number of hydrogen-bond donors (Lipinski definition) is 0. The second-order valence-electron chi connectivity index (χ2n) is 9.06. The number of carbonyl (C=O) groups excluding carboxylic acids is 2. The molecule has 0 heterocycles. The highest BCUT2D eigenvalue weighted by atomic mass is 79.9. The van der Waals surface area contributed by atoms with E-state index >= 15 is 0 Å². The van der Waals surface area contributed by atoms with Gasteiger partial charge in [-0.3, -0.25) is 9.59 Å². The third kappa shape index (κ3) is 2.53. The lowest BCUT2D eigenvalue weighted by Crippen LogP contribution is -2.58. The zero-order chi connectivity index (χ0) is 20.4. The first kappa shape index (κ1) is 20.4. The van der Waals surface area contributed by atoms with E-state index in [2.05, 4.69) is 36.7 Å². The lowest BCUT2D eigenvalue weighted by molar-refractivity contribution is -0.132. The smallest absolute Gasteiger partial charge is 0.308 e. The minimum absolute atomic E-state index is 0.0843. The summed E-state index contributed by atoms with van der Waals surface area (Å²) in [4.78, 5) is 25.5. The van der Waals surface area contributed by atoms with Crippen molar-refractivity contribution in [3.8, 4) is 11.5 Å². The van der Waals surface area contributed by atoms with Crippen molar-refractivity contribution in [2.24, 2.45) is 5.41 Å². The van der Waals surface area contributed by atoms with Gasteiger partial charge in [-0.25, -0.2) is 0 Å². The Morgan fingerprint density at radius 2 is 1.81 bits per heavy atom. The number of ketones is 1. The summed E-state index contributed by atoms with van der Waals surface area (Å²) in [5, 5.41) is 0. The molecule has 148 valence electrons. The average molecular weight is 437 g/mol. The van der Waals surface area contributed by atoms with Crippen LogP contribution in [-0.2, 0) is 10.2 Å². The molecule has 0 amide bonds. The van der Waals surface area contributed by atoms with E-state index in [0.717, 1.165) is 30.4 Å². The molecule has 0 aromatic heterocycles. The minimum atomic E-state index is -0.704. The number of halogens is 1. The molecule has 27 heavy (non-hydrogen) atoms. The van der Waals surface area contributed by atoms with Crippen LogP contribution in [0.5, 0.6) is 11.5 Å². The van der Waals surface area contributed by atoms with Gasteiger partial charge in [0.25, 0.3) is 0 Å². The van der Waals surface area contributed by atoms with Gasteiger partial charge < -0.3 is 9.47 Å². The van der Waals surface area contributed by atoms with Gasteiger partial charge in [-0.15, -0.1) is 0 Å². The monoisotopic (exact) mass is 436 g/mol. The molecule has 0 spiro atoms. The summed E-state index contributed by atoms with van der Waals surface area (Å²) in [5.74, 6) is 0.785. The summed E-state index contributed by atoms with van der Waals surface area (Å²) in [5.41, 5.74) is 1.75. The predicted octanol–water partition coefficient (Wildman–Crippen LogP) is 5.54. The maximum Gasteiger partial charge on any atom is 0.308 e. The Bertz CT molecular complexity index is 826. The number of hydrogen-bond acceptors (Lipinski definition) is 4. The summed E-state index contributed by atoms with van der Waals surface area (Å²) in [6.07, 6.45) is 2.88. The second-order valence-corrected chi connectivity index (χ2v) is 10.2. The van der Waals surface area contributed by atoms with E-state index in [4.69, 9.17) is 9.47 Å². The zero-order valence-electron chi connectivity index (χ0n) is 17.3. The molecule has 0 saturated heterocycles. The molecule has 3 rings (SSSR count). The van der Waals surface area contributed by atoms with Gasteiger partial charge >= 0.3 is 5.97 Å². The molecule has 2 atom stereocenters. The molecule has 1 fully saturated rings. The van der Waals surface area contributed by atoms with Crippen molar-refractivity contribution >= 4 is 27.7 Å². The van der Waals surface area contributed by atoms with E-state index < -0.39 is 15.7 Å². The average Bonchev–Trinajstić information content (AvgIpc) is 2.74. The van der Waals surface area contributed by atoms with Crippen molar-refractivity contribution in [1.29, 1.82) is 0 Å². The SMILES string of the molecule is COc1c(OC(C)=O)c(C(C)C)cc2c1C1(C)CCCC(C)(C)C1(Br)C2=O. The molecule has 5 heteroatoms. The van der Waals surface area contributed by atoms with Gasteiger partial charge in [-0.1, -0.05) is 57.0 Å². The Balaban J connectivity index is 2.40. The first-order valence-corrected chi connectivity index (χ1v) is 10.4. The molecule has 1 aromatic rings. The number of methoxy groups -OCH3 is 1. The molecule has 0 aliphatic heterocycles. The zero-order valence-corrected chi connectivity index (χ0v) is 18.9. The first-order valence-electron chi connectivity index (χ1n) is 9.60. The van der Waals surface area contributed by atoms with Gasteiger partial charge in [-0.05, 0) is 30.2 Å². The van der Waals surface area contributed by atoms with Crippen molar-refractivity contribution in [3.05, 3.63) is 22.8 Å². The number of fused-ring (bicyclic) bond motifs is 3. The molecular formula is C22H29BrO4. The maximum absolute atomic E-state index is 13.7.